The molecule has 2 N–H and O–H groups in total. The van der Waals surface area contributed by atoms with Gasteiger partial charge in [-0.25, -0.2) is 4.39 Å². The summed E-state index contributed by atoms with van der Waals surface area (Å²) < 4.78 is 17.9. The number of hydrogen-bond acceptors (Lipinski definition) is 3. The van der Waals surface area contributed by atoms with Gasteiger partial charge in [0.1, 0.15) is 5.82 Å². The third-order valence-corrected chi connectivity index (χ3v) is 2.66. The Kier molecular flexibility index (Phi) is 4.93. The SMILES string of the molecule is COCCSc1cc(F)cc(CN)c1. The fourth-order valence-corrected chi connectivity index (χ4v) is 1.98. The minimum Gasteiger partial charge on any atom is -0.384 e. The van der Waals surface area contributed by atoms with Crippen molar-refractivity contribution in [3.63, 3.8) is 0 Å². The van der Waals surface area contributed by atoms with Gasteiger partial charge in [-0.3, -0.25) is 0 Å². The van der Waals surface area contributed by atoms with Crippen molar-refractivity contribution in [1.82, 2.24) is 0 Å². The number of hydrogen-bond donors (Lipinski definition) is 1. The number of rotatable bonds is 5. The van der Waals surface area contributed by atoms with Crippen LogP contribution in [0.15, 0.2) is 23.1 Å². The Morgan fingerprint density at radius 3 is 2.86 bits per heavy atom. The normalized spacial score (nSPS) is 10.5. The highest BCUT2D eigenvalue weighted by Gasteiger charge is 2.00. The fraction of sp³-hybridized carbons (Fsp3) is 0.400. The van der Waals surface area contributed by atoms with Crippen molar-refractivity contribution in [3.8, 4) is 0 Å². The second kappa shape index (κ2) is 6.01. The van der Waals surface area contributed by atoms with Crippen LogP contribution in [0.25, 0.3) is 0 Å². The Hall–Kier alpha value is -0.580. The zero-order valence-electron chi connectivity index (χ0n) is 8.13. The summed E-state index contributed by atoms with van der Waals surface area (Å²) in [5, 5.41) is 0. The first kappa shape index (κ1) is 11.5. The minimum absolute atomic E-state index is 0.229. The molecule has 0 saturated heterocycles. The molecule has 0 amide bonds. The lowest BCUT2D eigenvalue weighted by Gasteiger charge is -2.04. The van der Waals surface area contributed by atoms with E-state index in [1.54, 1.807) is 18.9 Å². The van der Waals surface area contributed by atoms with Gasteiger partial charge >= 0.3 is 0 Å². The molecule has 78 valence electrons. The van der Waals surface area contributed by atoms with Gasteiger partial charge in [0.05, 0.1) is 6.61 Å². The van der Waals surface area contributed by atoms with E-state index in [9.17, 15) is 4.39 Å². The summed E-state index contributed by atoms with van der Waals surface area (Å²) in [6.45, 7) is 1.04. The van der Waals surface area contributed by atoms with Gasteiger partial charge in [0.2, 0.25) is 0 Å². The Balaban J connectivity index is 2.62. The molecule has 1 aromatic rings. The van der Waals surface area contributed by atoms with E-state index in [1.165, 1.54) is 12.1 Å². The lowest BCUT2D eigenvalue weighted by atomic mass is 10.2. The first-order valence-electron chi connectivity index (χ1n) is 4.37. The van der Waals surface area contributed by atoms with Crippen molar-refractivity contribution in [2.45, 2.75) is 11.4 Å². The van der Waals surface area contributed by atoms with E-state index in [0.29, 0.717) is 13.2 Å². The predicted octanol–water partition coefficient (Wildman–Crippen LogP) is 2.02. The van der Waals surface area contributed by atoms with Crippen LogP contribution in [-0.2, 0) is 11.3 Å². The van der Waals surface area contributed by atoms with Gasteiger partial charge in [-0.05, 0) is 23.8 Å². The van der Waals surface area contributed by atoms with Gasteiger partial charge in [0.15, 0.2) is 0 Å². The smallest absolute Gasteiger partial charge is 0.124 e. The molecule has 0 aliphatic heterocycles. The third-order valence-electron chi connectivity index (χ3n) is 1.72. The highest BCUT2D eigenvalue weighted by Crippen LogP contribution is 2.20. The van der Waals surface area contributed by atoms with Crippen LogP contribution in [0.4, 0.5) is 4.39 Å². The lowest BCUT2D eigenvalue weighted by Crippen LogP contribution is -1.98. The fourth-order valence-electron chi connectivity index (χ4n) is 1.06. The maximum absolute atomic E-state index is 13.0. The average molecular weight is 215 g/mol. The topological polar surface area (TPSA) is 35.2 Å². The summed E-state index contributed by atoms with van der Waals surface area (Å²) in [5.41, 5.74) is 6.27. The Bertz CT molecular complexity index is 293. The molecule has 0 bridgehead atoms. The molecule has 2 nitrogen and oxygen atoms in total. The molecule has 0 aliphatic carbocycles. The molecule has 0 atom stereocenters. The summed E-state index contributed by atoms with van der Waals surface area (Å²) in [4.78, 5) is 0.905. The van der Waals surface area contributed by atoms with E-state index < -0.39 is 0 Å². The number of halogens is 1. The van der Waals surface area contributed by atoms with Crippen LogP contribution >= 0.6 is 11.8 Å². The predicted molar refractivity (Wildman–Crippen MR) is 56.9 cm³/mol. The molecule has 1 rings (SSSR count). The van der Waals surface area contributed by atoms with Gasteiger partial charge in [-0.15, -0.1) is 11.8 Å². The number of benzene rings is 1. The van der Waals surface area contributed by atoms with E-state index >= 15 is 0 Å². The second-order valence-corrected chi connectivity index (χ2v) is 4.01. The summed E-state index contributed by atoms with van der Waals surface area (Å²) in [6, 6.07) is 4.88. The summed E-state index contributed by atoms with van der Waals surface area (Å²) in [6.07, 6.45) is 0. The molecule has 0 unspecified atom stereocenters. The summed E-state index contributed by atoms with van der Waals surface area (Å²) in [7, 11) is 1.65. The number of nitrogens with two attached hydrogens (primary N) is 1. The highest BCUT2D eigenvalue weighted by molar-refractivity contribution is 7.99. The summed E-state index contributed by atoms with van der Waals surface area (Å²) >= 11 is 1.57. The van der Waals surface area contributed by atoms with Gasteiger partial charge < -0.3 is 10.5 Å². The molecule has 0 heterocycles. The molecule has 14 heavy (non-hydrogen) atoms. The van der Waals surface area contributed by atoms with E-state index in [4.69, 9.17) is 10.5 Å². The van der Waals surface area contributed by atoms with Crippen molar-refractivity contribution < 1.29 is 9.13 Å². The van der Waals surface area contributed by atoms with E-state index in [-0.39, 0.29) is 5.82 Å². The molecule has 0 aliphatic rings. The summed E-state index contributed by atoms with van der Waals surface area (Å²) in [5.74, 6) is 0.595. The maximum atomic E-state index is 13.0. The first-order valence-corrected chi connectivity index (χ1v) is 5.36. The number of ether oxygens (including phenoxy) is 1. The molecule has 1 aromatic carbocycles. The van der Waals surface area contributed by atoms with Crippen LogP contribution in [-0.4, -0.2) is 19.5 Å². The minimum atomic E-state index is -0.229. The molecule has 4 heteroatoms. The largest absolute Gasteiger partial charge is 0.384 e. The number of thioether (sulfide) groups is 1. The Labute approximate surface area is 87.6 Å². The maximum Gasteiger partial charge on any atom is 0.124 e. The van der Waals surface area contributed by atoms with Gasteiger partial charge in [0, 0.05) is 24.3 Å². The van der Waals surface area contributed by atoms with Gasteiger partial charge in [-0.2, -0.15) is 0 Å². The standard InChI is InChI=1S/C10H14FNOS/c1-13-2-3-14-10-5-8(7-12)4-9(11)6-10/h4-6H,2-3,7,12H2,1H3. The van der Waals surface area contributed by atoms with Gasteiger partial charge in [0.25, 0.3) is 0 Å². The van der Waals surface area contributed by atoms with Crippen LogP contribution in [0, 0.1) is 5.82 Å². The molecule has 0 fully saturated rings. The first-order chi connectivity index (χ1) is 6.76. The zero-order valence-corrected chi connectivity index (χ0v) is 8.94. The molecular formula is C10H14FNOS. The third kappa shape index (κ3) is 3.65. The molecule has 0 spiro atoms. The lowest BCUT2D eigenvalue weighted by molar-refractivity contribution is 0.218. The Morgan fingerprint density at radius 1 is 1.43 bits per heavy atom. The van der Waals surface area contributed by atoms with Crippen molar-refractivity contribution in [1.29, 1.82) is 0 Å². The number of methoxy groups -OCH3 is 1. The van der Waals surface area contributed by atoms with Crippen LogP contribution in [0.3, 0.4) is 0 Å². The molecule has 0 radical (unpaired) electrons. The monoisotopic (exact) mass is 215 g/mol. The van der Waals surface area contributed by atoms with E-state index in [2.05, 4.69) is 0 Å². The van der Waals surface area contributed by atoms with Crippen molar-refractivity contribution in [2.75, 3.05) is 19.5 Å². The average Bonchev–Trinajstić information content (AvgIpc) is 2.17. The molecule has 0 aromatic heterocycles. The van der Waals surface area contributed by atoms with Crippen molar-refractivity contribution in [2.24, 2.45) is 5.73 Å². The van der Waals surface area contributed by atoms with Crippen molar-refractivity contribution in [3.05, 3.63) is 29.6 Å². The highest BCUT2D eigenvalue weighted by atomic mass is 32.2. The van der Waals surface area contributed by atoms with Crippen LogP contribution in [0.2, 0.25) is 0 Å². The van der Waals surface area contributed by atoms with Crippen LogP contribution in [0.1, 0.15) is 5.56 Å². The van der Waals surface area contributed by atoms with Crippen LogP contribution in [0.5, 0.6) is 0 Å². The van der Waals surface area contributed by atoms with Crippen LogP contribution < -0.4 is 5.73 Å². The second-order valence-electron chi connectivity index (χ2n) is 2.84. The quantitative estimate of drug-likeness (QED) is 0.603. The Morgan fingerprint density at radius 2 is 2.21 bits per heavy atom. The van der Waals surface area contributed by atoms with E-state index in [0.717, 1.165) is 16.2 Å². The van der Waals surface area contributed by atoms with Gasteiger partial charge in [-0.1, -0.05) is 0 Å². The van der Waals surface area contributed by atoms with Crippen molar-refractivity contribution >= 4 is 11.8 Å². The zero-order chi connectivity index (χ0) is 10.4. The van der Waals surface area contributed by atoms with E-state index in [1.807, 2.05) is 6.07 Å². The molecule has 0 saturated carbocycles. The molecular weight excluding hydrogens is 201 g/mol.